The summed E-state index contributed by atoms with van der Waals surface area (Å²) in [6.07, 6.45) is 2.90. The van der Waals surface area contributed by atoms with E-state index >= 15 is 0 Å². The Kier molecular flexibility index (Phi) is 4.13. The number of piperidine rings is 1. The number of rotatable bonds is 3. The molecule has 0 radical (unpaired) electrons. The fraction of sp³-hybridized carbons (Fsp3) is 0.667. The van der Waals surface area contributed by atoms with Gasteiger partial charge in [-0.2, -0.15) is 5.10 Å². The fourth-order valence-electron chi connectivity index (χ4n) is 2.31. The molecule has 0 aliphatic carbocycles. The van der Waals surface area contributed by atoms with Crippen molar-refractivity contribution in [2.75, 3.05) is 13.1 Å². The average molecular weight is 265 g/mol. The molecule has 1 aliphatic heterocycles. The second-order valence-corrected chi connectivity index (χ2v) is 4.79. The van der Waals surface area contributed by atoms with Gasteiger partial charge in [0.1, 0.15) is 5.82 Å². The molecule has 104 valence electrons. The van der Waals surface area contributed by atoms with Crippen LogP contribution in [-0.2, 0) is 9.59 Å². The summed E-state index contributed by atoms with van der Waals surface area (Å²) >= 11 is 0. The van der Waals surface area contributed by atoms with Crippen LogP contribution in [0, 0.1) is 6.92 Å². The number of hydrogen-bond acceptors (Lipinski definition) is 4. The maximum Gasteiger partial charge on any atom is 0.242 e. The highest BCUT2D eigenvalue weighted by atomic mass is 16.2. The minimum Gasteiger partial charge on any atom is -0.347 e. The first-order chi connectivity index (χ1) is 9.08. The summed E-state index contributed by atoms with van der Waals surface area (Å²) in [7, 11) is 0. The molecule has 1 aliphatic rings. The van der Waals surface area contributed by atoms with E-state index in [1.165, 1.54) is 6.92 Å². The van der Waals surface area contributed by atoms with E-state index in [2.05, 4.69) is 20.5 Å². The summed E-state index contributed by atoms with van der Waals surface area (Å²) in [5.41, 5.74) is 0. The fourth-order valence-corrected chi connectivity index (χ4v) is 2.31. The highest BCUT2D eigenvalue weighted by Crippen LogP contribution is 2.28. The van der Waals surface area contributed by atoms with Crippen molar-refractivity contribution >= 4 is 11.8 Å². The molecule has 1 fully saturated rings. The van der Waals surface area contributed by atoms with E-state index in [1.54, 1.807) is 4.90 Å². The number of carbonyl (C=O) groups excluding carboxylic acids is 2. The van der Waals surface area contributed by atoms with Crippen LogP contribution in [0.2, 0.25) is 0 Å². The van der Waals surface area contributed by atoms with E-state index in [-0.39, 0.29) is 24.4 Å². The van der Waals surface area contributed by atoms with Gasteiger partial charge in [-0.25, -0.2) is 4.98 Å². The van der Waals surface area contributed by atoms with Gasteiger partial charge < -0.3 is 10.2 Å². The van der Waals surface area contributed by atoms with Gasteiger partial charge in [-0.15, -0.1) is 0 Å². The second kappa shape index (κ2) is 5.81. The number of aryl methyl sites for hydroxylation is 1. The Hall–Kier alpha value is -1.92. The number of carbonyl (C=O) groups is 2. The van der Waals surface area contributed by atoms with Gasteiger partial charge in [-0.3, -0.25) is 14.7 Å². The Morgan fingerprint density at radius 3 is 2.89 bits per heavy atom. The SMILES string of the molecule is CC(=O)NCC(=O)N1CCCCC1c1n[nH]c(C)n1. The van der Waals surface area contributed by atoms with Gasteiger partial charge in [0.05, 0.1) is 12.6 Å². The van der Waals surface area contributed by atoms with E-state index in [0.29, 0.717) is 12.4 Å². The quantitative estimate of drug-likeness (QED) is 0.822. The Labute approximate surface area is 111 Å². The minimum absolute atomic E-state index is 0.0369. The number of nitrogens with zero attached hydrogens (tertiary/aromatic N) is 3. The lowest BCUT2D eigenvalue weighted by atomic mass is 10.0. The molecule has 2 rings (SSSR count). The summed E-state index contributed by atoms with van der Waals surface area (Å²) in [4.78, 5) is 29.1. The zero-order valence-corrected chi connectivity index (χ0v) is 11.3. The number of aromatic amines is 1. The van der Waals surface area contributed by atoms with Gasteiger partial charge >= 0.3 is 0 Å². The Balaban J connectivity index is 2.07. The number of H-pyrrole nitrogens is 1. The van der Waals surface area contributed by atoms with Gasteiger partial charge in [-0.1, -0.05) is 0 Å². The maximum absolute atomic E-state index is 12.1. The van der Waals surface area contributed by atoms with Crippen molar-refractivity contribution < 1.29 is 9.59 Å². The smallest absolute Gasteiger partial charge is 0.242 e. The Bertz CT molecular complexity index is 470. The molecule has 2 N–H and O–H groups in total. The van der Waals surface area contributed by atoms with E-state index in [4.69, 9.17) is 0 Å². The van der Waals surface area contributed by atoms with Crippen molar-refractivity contribution in [1.29, 1.82) is 0 Å². The predicted molar refractivity (Wildman–Crippen MR) is 68.1 cm³/mol. The van der Waals surface area contributed by atoms with E-state index in [9.17, 15) is 9.59 Å². The summed E-state index contributed by atoms with van der Waals surface area (Å²) in [5, 5.41) is 9.50. The number of amides is 2. The van der Waals surface area contributed by atoms with Crippen LogP contribution in [0.25, 0.3) is 0 Å². The molecule has 1 unspecified atom stereocenters. The van der Waals surface area contributed by atoms with Gasteiger partial charge in [0.2, 0.25) is 11.8 Å². The first kappa shape index (κ1) is 13.5. The first-order valence-corrected chi connectivity index (χ1v) is 6.50. The average Bonchev–Trinajstić information content (AvgIpc) is 2.82. The zero-order chi connectivity index (χ0) is 13.8. The summed E-state index contributed by atoms with van der Waals surface area (Å²) in [6, 6.07) is -0.0834. The van der Waals surface area contributed by atoms with Gasteiger partial charge in [-0.05, 0) is 26.2 Å². The first-order valence-electron chi connectivity index (χ1n) is 6.50. The van der Waals surface area contributed by atoms with Crippen molar-refractivity contribution in [3.8, 4) is 0 Å². The molecule has 0 aromatic carbocycles. The Morgan fingerprint density at radius 1 is 1.47 bits per heavy atom. The largest absolute Gasteiger partial charge is 0.347 e. The molecular weight excluding hydrogens is 246 g/mol. The maximum atomic E-state index is 12.1. The van der Waals surface area contributed by atoms with Crippen LogP contribution >= 0.6 is 0 Å². The molecule has 7 heteroatoms. The molecule has 1 aromatic heterocycles. The van der Waals surface area contributed by atoms with Crippen LogP contribution in [0.5, 0.6) is 0 Å². The van der Waals surface area contributed by atoms with E-state index < -0.39 is 0 Å². The molecule has 0 bridgehead atoms. The molecule has 19 heavy (non-hydrogen) atoms. The molecule has 0 spiro atoms. The molecule has 2 heterocycles. The molecule has 1 atom stereocenters. The van der Waals surface area contributed by atoms with Crippen LogP contribution in [0.1, 0.15) is 43.9 Å². The number of aromatic nitrogens is 3. The van der Waals surface area contributed by atoms with Crippen LogP contribution < -0.4 is 5.32 Å². The van der Waals surface area contributed by atoms with Gasteiger partial charge in [0.15, 0.2) is 5.82 Å². The third-order valence-corrected chi connectivity index (χ3v) is 3.22. The number of likely N-dealkylation sites (tertiary alicyclic amines) is 1. The van der Waals surface area contributed by atoms with Gasteiger partial charge in [0, 0.05) is 13.5 Å². The van der Waals surface area contributed by atoms with Crippen LogP contribution in [0.4, 0.5) is 0 Å². The number of hydrogen-bond donors (Lipinski definition) is 2. The monoisotopic (exact) mass is 265 g/mol. The lowest BCUT2D eigenvalue weighted by molar-refractivity contribution is -0.136. The molecule has 1 aromatic rings. The zero-order valence-electron chi connectivity index (χ0n) is 11.3. The summed E-state index contributed by atoms with van der Waals surface area (Å²) in [6.45, 7) is 3.97. The van der Waals surface area contributed by atoms with Crippen molar-refractivity contribution in [3.05, 3.63) is 11.6 Å². The highest BCUT2D eigenvalue weighted by molar-refractivity contribution is 5.84. The second-order valence-electron chi connectivity index (χ2n) is 4.79. The van der Waals surface area contributed by atoms with Crippen molar-refractivity contribution in [2.45, 2.75) is 39.2 Å². The van der Waals surface area contributed by atoms with E-state index in [1.807, 2.05) is 6.92 Å². The summed E-state index contributed by atoms with van der Waals surface area (Å²) < 4.78 is 0. The molecule has 2 amide bonds. The van der Waals surface area contributed by atoms with E-state index in [0.717, 1.165) is 25.1 Å². The van der Waals surface area contributed by atoms with Crippen molar-refractivity contribution in [2.24, 2.45) is 0 Å². The molecule has 0 saturated carbocycles. The lowest BCUT2D eigenvalue weighted by Crippen LogP contribution is -2.44. The van der Waals surface area contributed by atoms with Crippen LogP contribution in [-0.4, -0.2) is 45.0 Å². The third-order valence-electron chi connectivity index (χ3n) is 3.22. The van der Waals surface area contributed by atoms with Gasteiger partial charge in [0.25, 0.3) is 0 Å². The summed E-state index contributed by atoms with van der Waals surface area (Å²) in [5.74, 6) is 1.13. The standard InChI is InChI=1S/C12H19N5O2/c1-8-14-12(16-15-8)10-5-3-4-6-17(10)11(19)7-13-9(2)18/h10H,3-7H2,1-2H3,(H,13,18)(H,14,15,16). The molecular formula is C12H19N5O2. The minimum atomic E-state index is -0.198. The topological polar surface area (TPSA) is 91.0 Å². The Morgan fingerprint density at radius 2 is 2.26 bits per heavy atom. The highest BCUT2D eigenvalue weighted by Gasteiger charge is 2.30. The number of nitrogens with one attached hydrogen (secondary N) is 2. The van der Waals surface area contributed by atoms with Crippen LogP contribution in [0.3, 0.4) is 0 Å². The molecule has 1 saturated heterocycles. The van der Waals surface area contributed by atoms with Crippen molar-refractivity contribution in [1.82, 2.24) is 25.4 Å². The lowest BCUT2D eigenvalue weighted by Gasteiger charge is -2.34. The normalized spacial score (nSPS) is 19.3. The van der Waals surface area contributed by atoms with Crippen molar-refractivity contribution in [3.63, 3.8) is 0 Å². The molecule has 7 nitrogen and oxygen atoms in total. The van der Waals surface area contributed by atoms with Crippen LogP contribution in [0.15, 0.2) is 0 Å². The third kappa shape index (κ3) is 3.30. The predicted octanol–water partition coefficient (Wildman–Crippen LogP) is 0.303.